The van der Waals surface area contributed by atoms with E-state index in [0.717, 1.165) is 18.2 Å². The van der Waals surface area contributed by atoms with E-state index >= 15 is 0 Å². The Morgan fingerprint density at radius 2 is 1.94 bits per heavy atom. The minimum atomic E-state index is -3.71. The molecule has 0 atom stereocenters. The van der Waals surface area contributed by atoms with Gasteiger partial charge in [-0.25, -0.2) is 12.8 Å². The summed E-state index contributed by atoms with van der Waals surface area (Å²) in [5.41, 5.74) is 0. The standard InChI is InChI=1S/C11H13ClFNO3S/c12-10-7-8(13)1-2-11(10)18(16,17)14-5-3-9(15)4-6-14/h1-2,7,9,15H,3-6H2. The Morgan fingerprint density at radius 3 is 2.50 bits per heavy atom. The van der Waals surface area contributed by atoms with Crippen LogP contribution in [0.25, 0.3) is 0 Å². The van der Waals surface area contributed by atoms with E-state index in [2.05, 4.69) is 0 Å². The van der Waals surface area contributed by atoms with Crippen molar-refractivity contribution in [2.45, 2.75) is 23.8 Å². The summed E-state index contributed by atoms with van der Waals surface area (Å²) < 4.78 is 38.7. The van der Waals surface area contributed by atoms with Gasteiger partial charge in [0.15, 0.2) is 0 Å². The van der Waals surface area contributed by atoms with Crippen molar-refractivity contribution in [3.63, 3.8) is 0 Å². The molecule has 7 heteroatoms. The van der Waals surface area contributed by atoms with Crippen molar-refractivity contribution >= 4 is 21.6 Å². The van der Waals surface area contributed by atoms with Gasteiger partial charge < -0.3 is 5.11 Å². The number of rotatable bonds is 2. The Morgan fingerprint density at radius 1 is 1.33 bits per heavy atom. The minimum Gasteiger partial charge on any atom is -0.393 e. The van der Waals surface area contributed by atoms with Crippen molar-refractivity contribution in [3.8, 4) is 0 Å². The van der Waals surface area contributed by atoms with E-state index in [0.29, 0.717) is 12.8 Å². The average molecular weight is 294 g/mol. The minimum absolute atomic E-state index is 0.0954. The molecule has 0 aliphatic carbocycles. The number of benzene rings is 1. The molecule has 0 unspecified atom stereocenters. The molecule has 4 nitrogen and oxygen atoms in total. The Kier molecular flexibility index (Phi) is 3.91. The van der Waals surface area contributed by atoms with Crippen LogP contribution in [0.4, 0.5) is 4.39 Å². The molecule has 1 saturated heterocycles. The van der Waals surface area contributed by atoms with Gasteiger partial charge in [0.1, 0.15) is 10.7 Å². The van der Waals surface area contributed by atoms with E-state index in [1.807, 2.05) is 0 Å². The van der Waals surface area contributed by atoms with Gasteiger partial charge in [-0.15, -0.1) is 0 Å². The number of aliphatic hydroxyl groups excluding tert-OH is 1. The second-order valence-corrected chi connectivity index (χ2v) is 6.52. The lowest BCUT2D eigenvalue weighted by Gasteiger charge is -2.28. The molecule has 1 N–H and O–H groups in total. The molecule has 1 aromatic carbocycles. The maximum atomic E-state index is 12.9. The van der Waals surface area contributed by atoms with Crippen LogP contribution in [0.15, 0.2) is 23.1 Å². The number of aliphatic hydroxyl groups is 1. The van der Waals surface area contributed by atoms with E-state index in [4.69, 9.17) is 11.6 Å². The Balaban J connectivity index is 2.30. The zero-order valence-electron chi connectivity index (χ0n) is 9.51. The van der Waals surface area contributed by atoms with E-state index in [1.165, 1.54) is 4.31 Å². The lowest BCUT2D eigenvalue weighted by Crippen LogP contribution is -2.40. The smallest absolute Gasteiger partial charge is 0.244 e. The molecule has 1 aliphatic rings. The van der Waals surface area contributed by atoms with Gasteiger partial charge in [-0.2, -0.15) is 4.31 Å². The third-order valence-corrected chi connectivity index (χ3v) is 5.32. The highest BCUT2D eigenvalue weighted by molar-refractivity contribution is 7.89. The highest BCUT2D eigenvalue weighted by Crippen LogP contribution is 2.27. The van der Waals surface area contributed by atoms with Crippen molar-refractivity contribution in [3.05, 3.63) is 29.0 Å². The zero-order chi connectivity index (χ0) is 13.3. The fourth-order valence-corrected chi connectivity index (χ4v) is 3.88. The molecular formula is C11H13ClFNO3S. The van der Waals surface area contributed by atoms with Crippen molar-refractivity contribution in [2.75, 3.05) is 13.1 Å². The molecule has 0 aromatic heterocycles. The van der Waals surface area contributed by atoms with Crippen LogP contribution in [-0.2, 0) is 10.0 Å². The number of nitrogens with zero attached hydrogens (tertiary/aromatic N) is 1. The first kappa shape index (κ1) is 13.7. The lowest BCUT2D eigenvalue weighted by molar-refractivity contribution is 0.113. The molecule has 1 aromatic rings. The fraction of sp³-hybridized carbons (Fsp3) is 0.455. The second-order valence-electron chi connectivity index (χ2n) is 4.21. The summed E-state index contributed by atoms with van der Waals surface area (Å²) in [6.07, 6.45) is 0.343. The predicted molar refractivity (Wildman–Crippen MR) is 65.4 cm³/mol. The fourth-order valence-electron chi connectivity index (χ4n) is 1.91. The van der Waals surface area contributed by atoms with Crippen LogP contribution in [0.1, 0.15) is 12.8 Å². The monoisotopic (exact) mass is 293 g/mol. The van der Waals surface area contributed by atoms with E-state index in [9.17, 15) is 17.9 Å². The topological polar surface area (TPSA) is 57.6 Å². The van der Waals surface area contributed by atoms with Gasteiger partial charge in [-0.1, -0.05) is 11.6 Å². The van der Waals surface area contributed by atoms with Gasteiger partial charge >= 0.3 is 0 Å². The number of sulfonamides is 1. The van der Waals surface area contributed by atoms with E-state index in [-0.39, 0.29) is 23.0 Å². The Bertz CT molecular complexity index is 541. The second kappa shape index (κ2) is 5.13. The highest BCUT2D eigenvalue weighted by Gasteiger charge is 2.30. The third kappa shape index (κ3) is 2.66. The number of hydrogen-bond donors (Lipinski definition) is 1. The number of hydrogen-bond acceptors (Lipinski definition) is 3. The summed E-state index contributed by atoms with van der Waals surface area (Å²) in [6.45, 7) is 0.494. The van der Waals surface area contributed by atoms with Gasteiger partial charge in [0.25, 0.3) is 0 Å². The predicted octanol–water partition coefficient (Wildman–Crippen LogP) is 1.62. The molecule has 2 rings (SSSR count). The van der Waals surface area contributed by atoms with Crippen LogP contribution < -0.4 is 0 Å². The molecule has 100 valence electrons. The summed E-state index contributed by atoms with van der Waals surface area (Å²) in [5, 5.41) is 9.23. The number of halogens is 2. The third-order valence-electron chi connectivity index (χ3n) is 2.94. The highest BCUT2D eigenvalue weighted by atomic mass is 35.5. The molecule has 0 amide bonds. The number of piperidine rings is 1. The molecular weight excluding hydrogens is 281 g/mol. The summed E-state index contributed by atoms with van der Waals surface area (Å²) in [6, 6.07) is 3.21. The summed E-state index contributed by atoms with van der Waals surface area (Å²) in [4.78, 5) is -0.0954. The molecule has 0 spiro atoms. The summed E-state index contributed by atoms with van der Waals surface area (Å²) in [7, 11) is -3.71. The van der Waals surface area contributed by atoms with Gasteiger partial charge in [0.2, 0.25) is 10.0 Å². The first-order valence-electron chi connectivity index (χ1n) is 5.54. The zero-order valence-corrected chi connectivity index (χ0v) is 11.1. The van der Waals surface area contributed by atoms with Gasteiger partial charge in [-0.3, -0.25) is 0 Å². The largest absolute Gasteiger partial charge is 0.393 e. The van der Waals surface area contributed by atoms with Crippen molar-refractivity contribution in [1.29, 1.82) is 0 Å². The Labute approximate surface area is 110 Å². The first-order chi connectivity index (χ1) is 8.41. The molecule has 1 aliphatic heterocycles. The molecule has 1 heterocycles. The van der Waals surface area contributed by atoms with Crippen molar-refractivity contribution in [2.24, 2.45) is 0 Å². The maximum absolute atomic E-state index is 12.9. The lowest BCUT2D eigenvalue weighted by atomic mass is 10.1. The maximum Gasteiger partial charge on any atom is 0.244 e. The van der Waals surface area contributed by atoms with Crippen LogP contribution in [0.2, 0.25) is 5.02 Å². The van der Waals surface area contributed by atoms with E-state index in [1.54, 1.807) is 0 Å². The van der Waals surface area contributed by atoms with Gasteiger partial charge in [0, 0.05) is 13.1 Å². The van der Waals surface area contributed by atoms with Crippen molar-refractivity contribution in [1.82, 2.24) is 4.31 Å². The molecule has 0 bridgehead atoms. The van der Waals surface area contributed by atoms with E-state index < -0.39 is 21.9 Å². The SMILES string of the molecule is O=S(=O)(c1ccc(F)cc1Cl)N1CCC(O)CC1. The van der Waals surface area contributed by atoms with Crippen LogP contribution in [-0.4, -0.2) is 37.0 Å². The quantitative estimate of drug-likeness (QED) is 0.901. The van der Waals surface area contributed by atoms with Crippen LogP contribution >= 0.6 is 11.6 Å². The summed E-state index contributed by atoms with van der Waals surface area (Å²) in [5.74, 6) is -0.576. The molecule has 1 fully saturated rings. The van der Waals surface area contributed by atoms with Gasteiger partial charge in [0.05, 0.1) is 11.1 Å². The van der Waals surface area contributed by atoms with Gasteiger partial charge in [-0.05, 0) is 31.0 Å². The molecule has 18 heavy (non-hydrogen) atoms. The molecule has 0 radical (unpaired) electrons. The van der Waals surface area contributed by atoms with Crippen LogP contribution in [0, 0.1) is 5.82 Å². The van der Waals surface area contributed by atoms with Crippen LogP contribution in [0.3, 0.4) is 0 Å². The van der Waals surface area contributed by atoms with Crippen molar-refractivity contribution < 1.29 is 17.9 Å². The summed E-state index contributed by atoms with van der Waals surface area (Å²) >= 11 is 5.77. The normalized spacial score (nSPS) is 19.1. The molecule has 0 saturated carbocycles. The average Bonchev–Trinajstić information content (AvgIpc) is 2.29. The Hall–Kier alpha value is -0.690. The first-order valence-corrected chi connectivity index (χ1v) is 7.36. The van der Waals surface area contributed by atoms with Crippen LogP contribution in [0.5, 0.6) is 0 Å².